The van der Waals surface area contributed by atoms with E-state index in [1.165, 1.54) is 22.7 Å². The number of hydrogen-bond donors (Lipinski definition) is 1. The molecule has 1 heterocycles. The average molecular weight is 267 g/mol. The summed E-state index contributed by atoms with van der Waals surface area (Å²) in [5.74, 6) is 0.963. The first-order chi connectivity index (χ1) is 9.71. The number of hydrogen-bond acceptors (Lipinski definition) is 2. The summed E-state index contributed by atoms with van der Waals surface area (Å²) in [7, 11) is 0. The van der Waals surface area contributed by atoms with Crippen molar-refractivity contribution in [2.75, 3.05) is 0 Å². The first-order valence-corrected chi connectivity index (χ1v) is 7.04. The van der Waals surface area contributed by atoms with Crippen LogP contribution in [0.3, 0.4) is 0 Å². The molecule has 0 saturated carbocycles. The van der Waals surface area contributed by atoms with Crippen LogP contribution >= 0.6 is 0 Å². The second-order valence-corrected chi connectivity index (χ2v) is 4.89. The largest absolute Gasteiger partial charge is 0.456 e. The molecule has 1 aromatic carbocycles. The minimum Gasteiger partial charge on any atom is -0.456 e. The van der Waals surface area contributed by atoms with Crippen molar-refractivity contribution < 1.29 is 4.42 Å². The topological polar surface area (TPSA) is 37.0 Å². The molecule has 0 radical (unpaired) electrons. The van der Waals surface area contributed by atoms with E-state index in [2.05, 4.69) is 31.2 Å². The molecule has 0 spiro atoms. The number of fused-ring (bicyclic) bond motifs is 1. The maximum atomic E-state index is 7.23. The molecule has 2 nitrogen and oxygen atoms in total. The number of aryl methyl sites for hydroxylation is 1. The molecule has 0 unspecified atom stereocenters. The first-order valence-electron chi connectivity index (χ1n) is 7.04. The Balaban J connectivity index is 2.54. The van der Waals surface area contributed by atoms with E-state index in [1.807, 2.05) is 26.0 Å². The van der Waals surface area contributed by atoms with Gasteiger partial charge in [-0.1, -0.05) is 37.3 Å². The number of nitrogens with one attached hydrogen (secondary N) is 1. The zero-order chi connectivity index (χ0) is 14.5. The number of allylic oxidation sites excluding steroid dienone is 3. The predicted molar refractivity (Wildman–Crippen MR) is 86.5 cm³/mol. The van der Waals surface area contributed by atoms with Gasteiger partial charge in [0.2, 0.25) is 0 Å². The lowest BCUT2D eigenvalue weighted by atomic mass is 10.0. The summed E-state index contributed by atoms with van der Waals surface area (Å²) in [6.07, 6.45) is 9.24. The van der Waals surface area contributed by atoms with Gasteiger partial charge in [-0.3, -0.25) is 0 Å². The minimum absolute atomic E-state index is 0.796. The summed E-state index contributed by atoms with van der Waals surface area (Å²) in [5.41, 5.74) is 4.39. The van der Waals surface area contributed by atoms with Crippen molar-refractivity contribution in [2.45, 2.75) is 33.6 Å². The van der Waals surface area contributed by atoms with E-state index < -0.39 is 0 Å². The van der Waals surface area contributed by atoms with Gasteiger partial charge in [0.15, 0.2) is 0 Å². The van der Waals surface area contributed by atoms with Crippen LogP contribution < -0.4 is 0 Å². The standard InChI is InChI=1S/C18H21NO/c1-4-7-17-15(5-2)16-9-6-8-14(18(16)20-17)11-10-13(3)12-19/h4,6-10,12,19H,5,11H2,1-3H3/b7-4-,13-10-,19-12?. The minimum atomic E-state index is 0.796. The third-order valence-electron chi connectivity index (χ3n) is 3.47. The maximum absolute atomic E-state index is 7.23. The fourth-order valence-electron chi connectivity index (χ4n) is 2.39. The third kappa shape index (κ3) is 2.74. The third-order valence-corrected chi connectivity index (χ3v) is 3.47. The van der Waals surface area contributed by atoms with Crippen LogP contribution in [0.1, 0.15) is 37.7 Å². The Labute approximate surface area is 120 Å². The van der Waals surface area contributed by atoms with Crippen LogP contribution in [-0.4, -0.2) is 6.21 Å². The van der Waals surface area contributed by atoms with Gasteiger partial charge in [-0.15, -0.1) is 0 Å². The molecular weight excluding hydrogens is 246 g/mol. The van der Waals surface area contributed by atoms with Gasteiger partial charge >= 0.3 is 0 Å². The van der Waals surface area contributed by atoms with Gasteiger partial charge in [0.05, 0.1) is 0 Å². The molecule has 2 heteroatoms. The van der Waals surface area contributed by atoms with Crippen molar-refractivity contribution in [1.29, 1.82) is 5.41 Å². The summed E-state index contributed by atoms with van der Waals surface area (Å²) >= 11 is 0. The van der Waals surface area contributed by atoms with Crippen LogP contribution in [0.25, 0.3) is 17.0 Å². The highest BCUT2D eigenvalue weighted by Crippen LogP contribution is 2.30. The van der Waals surface area contributed by atoms with Crippen LogP contribution in [0.15, 0.2) is 40.3 Å². The summed E-state index contributed by atoms with van der Waals surface area (Å²) in [4.78, 5) is 0. The molecule has 0 aliphatic rings. The van der Waals surface area contributed by atoms with Crippen molar-refractivity contribution in [1.82, 2.24) is 0 Å². The van der Waals surface area contributed by atoms with Crippen LogP contribution in [-0.2, 0) is 12.8 Å². The SMILES string of the molecule is C/C=C\c1oc2c(C/C=C(/C)C=N)cccc2c1CC. The molecule has 0 atom stereocenters. The Hall–Kier alpha value is -2.09. The van der Waals surface area contributed by atoms with Crippen LogP contribution in [0, 0.1) is 5.41 Å². The zero-order valence-electron chi connectivity index (χ0n) is 12.4. The van der Waals surface area contributed by atoms with E-state index in [9.17, 15) is 0 Å². The van der Waals surface area contributed by atoms with Gasteiger partial charge in [0.25, 0.3) is 0 Å². The van der Waals surface area contributed by atoms with E-state index in [0.29, 0.717) is 0 Å². The Morgan fingerprint density at radius 3 is 2.80 bits per heavy atom. The Bertz CT molecular complexity index is 674. The van der Waals surface area contributed by atoms with Gasteiger partial charge in [-0.2, -0.15) is 0 Å². The van der Waals surface area contributed by atoms with E-state index >= 15 is 0 Å². The molecule has 2 aromatic rings. The fraction of sp³-hybridized carbons (Fsp3) is 0.278. The molecule has 104 valence electrons. The quantitative estimate of drug-likeness (QED) is 0.746. The van der Waals surface area contributed by atoms with Crippen molar-refractivity contribution in [3.05, 3.63) is 52.8 Å². The first kappa shape index (κ1) is 14.3. The number of benzene rings is 1. The number of para-hydroxylation sites is 1. The van der Waals surface area contributed by atoms with Crippen molar-refractivity contribution >= 4 is 23.3 Å². The monoisotopic (exact) mass is 267 g/mol. The van der Waals surface area contributed by atoms with Gasteiger partial charge in [-0.25, -0.2) is 0 Å². The van der Waals surface area contributed by atoms with E-state index in [0.717, 1.165) is 29.8 Å². The van der Waals surface area contributed by atoms with Crippen molar-refractivity contribution in [3.63, 3.8) is 0 Å². The lowest BCUT2D eigenvalue weighted by Gasteiger charge is -1.99. The summed E-state index contributed by atoms with van der Waals surface area (Å²) in [6.45, 7) is 6.10. The predicted octanol–water partition coefficient (Wildman–Crippen LogP) is 5.17. The molecular formula is C18H21NO. The highest BCUT2D eigenvalue weighted by Gasteiger charge is 2.12. The normalized spacial score (nSPS) is 12.4. The average Bonchev–Trinajstić information content (AvgIpc) is 2.82. The molecule has 2 rings (SSSR count). The molecule has 0 bridgehead atoms. The summed E-state index contributed by atoms with van der Waals surface area (Å²) in [6, 6.07) is 6.30. The molecule has 20 heavy (non-hydrogen) atoms. The number of furan rings is 1. The molecule has 0 fully saturated rings. The van der Waals surface area contributed by atoms with Crippen LogP contribution in [0.4, 0.5) is 0 Å². The maximum Gasteiger partial charge on any atom is 0.138 e. The molecule has 0 aliphatic heterocycles. The van der Waals surface area contributed by atoms with E-state index in [4.69, 9.17) is 9.83 Å². The Morgan fingerprint density at radius 1 is 1.35 bits per heavy atom. The van der Waals surface area contributed by atoms with Crippen LogP contribution in [0.2, 0.25) is 0 Å². The smallest absolute Gasteiger partial charge is 0.138 e. The fourth-order valence-corrected chi connectivity index (χ4v) is 2.39. The Kier molecular flexibility index (Phi) is 4.57. The van der Waals surface area contributed by atoms with Gasteiger partial charge < -0.3 is 9.83 Å². The lowest BCUT2D eigenvalue weighted by molar-refractivity contribution is 0.596. The summed E-state index contributed by atoms with van der Waals surface area (Å²) in [5, 5.41) is 8.44. The molecule has 1 N–H and O–H groups in total. The second-order valence-electron chi connectivity index (χ2n) is 4.89. The van der Waals surface area contributed by atoms with Crippen molar-refractivity contribution in [2.24, 2.45) is 0 Å². The number of rotatable bonds is 5. The highest BCUT2D eigenvalue weighted by atomic mass is 16.3. The lowest BCUT2D eigenvalue weighted by Crippen LogP contribution is -1.85. The van der Waals surface area contributed by atoms with Gasteiger partial charge in [-0.05, 0) is 43.9 Å². The van der Waals surface area contributed by atoms with Gasteiger partial charge in [0, 0.05) is 17.2 Å². The molecule has 0 amide bonds. The van der Waals surface area contributed by atoms with Crippen molar-refractivity contribution in [3.8, 4) is 0 Å². The van der Waals surface area contributed by atoms with Crippen LogP contribution in [0.5, 0.6) is 0 Å². The van der Waals surface area contributed by atoms with E-state index in [-0.39, 0.29) is 0 Å². The van der Waals surface area contributed by atoms with E-state index in [1.54, 1.807) is 0 Å². The zero-order valence-corrected chi connectivity index (χ0v) is 12.4. The van der Waals surface area contributed by atoms with Gasteiger partial charge in [0.1, 0.15) is 11.3 Å². The molecule has 0 aliphatic carbocycles. The summed E-state index contributed by atoms with van der Waals surface area (Å²) < 4.78 is 6.05. The molecule has 1 aromatic heterocycles. The Morgan fingerprint density at radius 2 is 2.15 bits per heavy atom. The molecule has 0 saturated heterocycles. The highest BCUT2D eigenvalue weighted by molar-refractivity contribution is 5.87. The second kappa shape index (κ2) is 6.38.